The molecule has 0 aromatic carbocycles. The molecule has 5 rings (SSSR count). The van der Waals surface area contributed by atoms with Crippen molar-refractivity contribution in [1.82, 2.24) is 24.4 Å². The first-order chi connectivity index (χ1) is 13.1. The maximum atomic E-state index is 13.0. The van der Waals surface area contributed by atoms with Gasteiger partial charge in [0, 0.05) is 37.1 Å². The van der Waals surface area contributed by atoms with Crippen LogP contribution in [0.2, 0.25) is 0 Å². The summed E-state index contributed by atoms with van der Waals surface area (Å²) in [7, 11) is 0. The second-order valence-electron chi connectivity index (χ2n) is 7.24. The number of thiazole rings is 1. The van der Waals surface area contributed by atoms with Crippen LogP contribution in [0.4, 0.5) is 0 Å². The Labute approximate surface area is 160 Å². The number of rotatable bonds is 3. The molecular formula is C19H19N5O2S. The molecule has 0 radical (unpaired) electrons. The van der Waals surface area contributed by atoms with Crippen LogP contribution >= 0.6 is 11.3 Å². The van der Waals surface area contributed by atoms with Gasteiger partial charge in [-0.15, -0.1) is 11.3 Å². The fourth-order valence-corrected chi connectivity index (χ4v) is 4.80. The van der Waals surface area contributed by atoms with Gasteiger partial charge in [-0.25, -0.2) is 9.50 Å². The number of aryl methyl sites for hydroxylation is 1. The van der Waals surface area contributed by atoms with E-state index in [9.17, 15) is 9.59 Å². The predicted molar refractivity (Wildman–Crippen MR) is 100 cm³/mol. The number of pyridine rings is 1. The van der Waals surface area contributed by atoms with Crippen molar-refractivity contribution < 1.29 is 9.59 Å². The van der Waals surface area contributed by atoms with Gasteiger partial charge in [0.05, 0.1) is 40.4 Å². The Morgan fingerprint density at radius 1 is 1.30 bits per heavy atom. The van der Waals surface area contributed by atoms with Gasteiger partial charge in [-0.1, -0.05) is 6.07 Å². The van der Waals surface area contributed by atoms with Crippen molar-refractivity contribution >= 4 is 28.7 Å². The molecule has 3 aromatic heterocycles. The second-order valence-corrected chi connectivity index (χ2v) is 8.30. The molecule has 138 valence electrons. The standard InChI is InChI=1S/C19H19N5O2S/c1-12-21-14(11-27-12)9-22-7-13-8-23(10-16(13)19(22)26)18(25)15-6-20-24-5-3-2-4-17(15)24/h2-6,11,13,16H,7-10H2,1H3/t13-,16+/m1/s1. The smallest absolute Gasteiger partial charge is 0.257 e. The Morgan fingerprint density at radius 3 is 2.96 bits per heavy atom. The Bertz CT molecular complexity index is 1040. The molecule has 0 N–H and O–H groups in total. The van der Waals surface area contributed by atoms with Crippen molar-refractivity contribution in [3.63, 3.8) is 0 Å². The molecular weight excluding hydrogens is 362 g/mol. The monoisotopic (exact) mass is 381 g/mol. The molecule has 0 unspecified atom stereocenters. The summed E-state index contributed by atoms with van der Waals surface area (Å²) in [6.45, 7) is 4.33. The van der Waals surface area contributed by atoms with Gasteiger partial charge in [0.2, 0.25) is 5.91 Å². The van der Waals surface area contributed by atoms with Crippen LogP contribution in [0.5, 0.6) is 0 Å². The maximum Gasteiger partial charge on any atom is 0.257 e. The van der Waals surface area contributed by atoms with E-state index in [2.05, 4.69) is 10.1 Å². The molecule has 0 aliphatic carbocycles. The molecule has 8 heteroatoms. The quantitative estimate of drug-likeness (QED) is 0.694. The van der Waals surface area contributed by atoms with Crippen LogP contribution in [0.3, 0.4) is 0 Å². The summed E-state index contributed by atoms with van der Waals surface area (Å²) in [5.74, 6) is 0.194. The van der Waals surface area contributed by atoms with Gasteiger partial charge in [0.15, 0.2) is 0 Å². The molecule has 2 saturated heterocycles. The van der Waals surface area contributed by atoms with Crippen molar-refractivity contribution in [1.29, 1.82) is 0 Å². The van der Waals surface area contributed by atoms with Gasteiger partial charge in [-0.05, 0) is 19.1 Å². The highest BCUT2D eigenvalue weighted by molar-refractivity contribution is 7.09. The van der Waals surface area contributed by atoms with E-state index in [0.29, 0.717) is 31.7 Å². The van der Waals surface area contributed by atoms with Crippen molar-refractivity contribution in [2.75, 3.05) is 19.6 Å². The largest absolute Gasteiger partial charge is 0.337 e. The fourth-order valence-electron chi connectivity index (χ4n) is 4.20. The van der Waals surface area contributed by atoms with E-state index in [4.69, 9.17) is 0 Å². The van der Waals surface area contributed by atoms with Crippen molar-refractivity contribution in [3.8, 4) is 0 Å². The zero-order valence-electron chi connectivity index (χ0n) is 14.9. The number of carbonyl (C=O) groups excluding carboxylic acids is 2. The van der Waals surface area contributed by atoms with E-state index >= 15 is 0 Å². The Kier molecular flexibility index (Phi) is 3.75. The van der Waals surface area contributed by atoms with E-state index in [-0.39, 0.29) is 23.7 Å². The number of fused-ring (bicyclic) bond motifs is 2. The van der Waals surface area contributed by atoms with Crippen LogP contribution in [0.15, 0.2) is 36.0 Å². The average Bonchev–Trinajstić information content (AvgIpc) is 3.41. The molecule has 2 fully saturated rings. The molecule has 2 amide bonds. The normalized spacial score (nSPS) is 22.0. The zero-order chi connectivity index (χ0) is 18.5. The molecule has 27 heavy (non-hydrogen) atoms. The van der Waals surface area contributed by atoms with Crippen LogP contribution < -0.4 is 0 Å². The van der Waals surface area contributed by atoms with Crippen LogP contribution in [-0.4, -0.2) is 55.8 Å². The minimum atomic E-state index is -0.101. The molecule has 0 saturated carbocycles. The highest BCUT2D eigenvalue weighted by Crippen LogP contribution is 2.34. The van der Waals surface area contributed by atoms with E-state index in [0.717, 1.165) is 16.2 Å². The number of likely N-dealkylation sites (tertiary alicyclic amines) is 2. The van der Waals surface area contributed by atoms with Crippen LogP contribution in [0.1, 0.15) is 21.1 Å². The summed E-state index contributed by atoms with van der Waals surface area (Å²) >= 11 is 1.60. The van der Waals surface area contributed by atoms with Crippen LogP contribution in [0.25, 0.3) is 5.52 Å². The summed E-state index contributed by atoms with van der Waals surface area (Å²) in [5, 5.41) is 7.27. The van der Waals surface area contributed by atoms with E-state index in [1.807, 2.05) is 46.5 Å². The molecule has 0 spiro atoms. The third kappa shape index (κ3) is 2.71. The lowest BCUT2D eigenvalue weighted by molar-refractivity contribution is -0.131. The summed E-state index contributed by atoms with van der Waals surface area (Å²) in [5.41, 5.74) is 2.34. The van der Waals surface area contributed by atoms with Crippen LogP contribution in [0, 0.1) is 18.8 Å². The molecule has 5 heterocycles. The highest BCUT2D eigenvalue weighted by Gasteiger charge is 2.47. The molecule has 2 aliphatic heterocycles. The second kappa shape index (κ2) is 6.16. The van der Waals surface area contributed by atoms with Gasteiger partial charge >= 0.3 is 0 Å². The molecule has 2 aliphatic rings. The minimum absolute atomic E-state index is 0.0416. The van der Waals surface area contributed by atoms with E-state index < -0.39 is 0 Å². The molecule has 2 atom stereocenters. The minimum Gasteiger partial charge on any atom is -0.337 e. The Hall–Kier alpha value is -2.74. The van der Waals surface area contributed by atoms with Crippen molar-refractivity contribution in [2.45, 2.75) is 13.5 Å². The molecule has 7 nitrogen and oxygen atoms in total. The summed E-state index contributed by atoms with van der Waals surface area (Å²) in [6.07, 6.45) is 3.44. The molecule has 3 aromatic rings. The van der Waals surface area contributed by atoms with Gasteiger partial charge < -0.3 is 9.80 Å². The van der Waals surface area contributed by atoms with Gasteiger partial charge in [-0.2, -0.15) is 5.10 Å². The van der Waals surface area contributed by atoms with Crippen LogP contribution in [-0.2, 0) is 11.3 Å². The number of amides is 2. The SMILES string of the molecule is Cc1nc(CN2C[C@@H]3CN(C(=O)c4cnn5ccccc45)C[C@@H]3C2=O)cs1. The summed E-state index contributed by atoms with van der Waals surface area (Å²) in [4.78, 5) is 33.9. The summed E-state index contributed by atoms with van der Waals surface area (Å²) in [6, 6.07) is 5.67. The Balaban J connectivity index is 1.30. The third-order valence-corrected chi connectivity index (χ3v) is 6.31. The summed E-state index contributed by atoms with van der Waals surface area (Å²) < 4.78 is 1.70. The highest BCUT2D eigenvalue weighted by atomic mass is 32.1. The first kappa shape index (κ1) is 16.4. The average molecular weight is 381 g/mol. The number of hydrogen-bond acceptors (Lipinski definition) is 5. The topological polar surface area (TPSA) is 70.8 Å². The van der Waals surface area contributed by atoms with Gasteiger partial charge in [-0.3, -0.25) is 9.59 Å². The lowest BCUT2D eigenvalue weighted by Gasteiger charge is -2.21. The maximum absolute atomic E-state index is 13.0. The number of hydrogen-bond donors (Lipinski definition) is 0. The van der Waals surface area contributed by atoms with E-state index in [1.54, 1.807) is 22.0 Å². The zero-order valence-corrected chi connectivity index (χ0v) is 15.7. The van der Waals surface area contributed by atoms with E-state index in [1.165, 1.54) is 0 Å². The number of nitrogens with zero attached hydrogens (tertiary/aromatic N) is 5. The van der Waals surface area contributed by atoms with Gasteiger partial charge in [0.25, 0.3) is 5.91 Å². The fraction of sp³-hybridized carbons (Fsp3) is 0.368. The molecule has 0 bridgehead atoms. The van der Waals surface area contributed by atoms with Gasteiger partial charge in [0.1, 0.15) is 0 Å². The first-order valence-electron chi connectivity index (χ1n) is 9.01. The lowest BCUT2D eigenvalue weighted by Crippen LogP contribution is -2.35. The number of carbonyl (C=O) groups is 2. The Morgan fingerprint density at radius 2 is 2.19 bits per heavy atom. The van der Waals surface area contributed by atoms with Crippen molar-refractivity contribution in [2.24, 2.45) is 11.8 Å². The predicted octanol–water partition coefficient (Wildman–Crippen LogP) is 1.83. The lowest BCUT2D eigenvalue weighted by atomic mass is 10.0. The van der Waals surface area contributed by atoms with Crippen molar-refractivity contribution in [3.05, 3.63) is 52.2 Å². The third-order valence-electron chi connectivity index (χ3n) is 5.49. The first-order valence-corrected chi connectivity index (χ1v) is 9.89. The number of aromatic nitrogens is 3.